The average Bonchev–Trinajstić information content (AvgIpc) is 3.10. The first kappa shape index (κ1) is 18.9. The SMILES string of the molecule is COC(=O)CCCn1c(O)c(C2=c3cc([N+](=O)[O-])ccc3=NC2=O)sc1=S. The number of hydrogen-bond donors (Lipinski definition) is 1. The number of carbonyl (C=O) groups excluding carboxylic acids is 2. The van der Waals surface area contributed by atoms with Crippen LogP contribution in [0.3, 0.4) is 0 Å². The monoisotopic (exact) mass is 407 g/mol. The van der Waals surface area contributed by atoms with Crippen LogP contribution in [0.15, 0.2) is 23.2 Å². The van der Waals surface area contributed by atoms with E-state index >= 15 is 0 Å². The van der Waals surface area contributed by atoms with Crippen molar-refractivity contribution in [3.63, 3.8) is 0 Å². The minimum atomic E-state index is -0.598. The molecule has 1 aromatic carbocycles. The van der Waals surface area contributed by atoms with Gasteiger partial charge >= 0.3 is 5.97 Å². The number of amides is 1. The lowest BCUT2D eigenvalue weighted by Crippen LogP contribution is -2.23. The molecule has 0 spiro atoms. The first-order valence-electron chi connectivity index (χ1n) is 7.75. The van der Waals surface area contributed by atoms with Gasteiger partial charge in [0.25, 0.3) is 11.6 Å². The molecule has 27 heavy (non-hydrogen) atoms. The molecule has 0 unspecified atom stereocenters. The number of non-ortho nitro benzene ring substituents is 1. The summed E-state index contributed by atoms with van der Waals surface area (Å²) >= 11 is 6.26. The molecule has 2 heterocycles. The molecule has 0 saturated heterocycles. The molecule has 1 aliphatic heterocycles. The lowest BCUT2D eigenvalue weighted by molar-refractivity contribution is -0.385. The lowest BCUT2D eigenvalue weighted by Gasteiger charge is -2.05. The molecule has 9 nitrogen and oxygen atoms in total. The van der Waals surface area contributed by atoms with Crippen molar-refractivity contribution in [3.8, 4) is 5.88 Å². The van der Waals surface area contributed by atoms with Gasteiger partial charge in [-0.15, -0.1) is 11.3 Å². The predicted octanol–water partition coefficient (Wildman–Crippen LogP) is 1.20. The molecule has 0 bridgehead atoms. The maximum atomic E-state index is 12.3. The van der Waals surface area contributed by atoms with Crippen LogP contribution in [0.4, 0.5) is 5.69 Å². The number of nitro groups is 1. The third kappa shape index (κ3) is 3.51. The van der Waals surface area contributed by atoms with Gasteiger partial charge in [-0.05, 0) is 24.7 Å². The first-order chi connectivity index (χ1) is 12.8. The van der Waals surface area contributed by atoms with Crippen molar-refractivity contribution in [1.82, 2.24) is 4.57 Å². The molecule has 1 aromatic heterocycles. The number of nitro benzene ring substituents is 1. The van der Waals surface area contributed by atoms with Gasteiger partial charge in [0.05, 0.1) is 23.0 Å². The van der Waals surface area contributed by atoms with Crippen molar-refractivity contribution in [3.05, 3.63) is 47.7 Å². The Kier molecular flexibility index (Phi) is 5.15. The molecular formula is C16H13N3O6S2. The number of fused-ring (bicyclic) bond motifs is 1. The van der Waals surface area contributed by atoms with Crippen molar-refractivity contribution >= 4 is 46.7 Å². The largest absolute Gasteiger partial charge is 0.493 e. The third-order valence-electron chi connectivity index (χ3n) is 3.98. The van der Waals surface area contributed by atoms with E-state index in [-0.39, 0.29) is 46.2 Å². The second-order valence-electron chi connectivity index (χ2n) is 5.60. The second kappa shape index (κ2) is 7.37. The smallest absolute Gasteiger partial charge is 0.305 e. The van der Waals surface area contributed by atoms with Crippen molar-refractivity contribution < 1.29 is 24.4 Å². The standard InChI is InChI=1S/C16H13N3O6S2/c1-25-11(20)3-2-6-18-15(22)13(27-16(18)26)12-9-7-8(19(23)24)4-5-10(9)17-14(12)21/h4-5,7,22H,2-3,6H2,1H3. The highest BCUT2D eigenvalue weighted by Crippen LogP contribution is 2.33. The van der Waals surface area contributed by atoms with E-state index < -0.39 is 10.8 Å². The van der Waals surface area contributed by atoms with E-state index in [9.17, 15) is 24.8 Å². The number of nitrogens with zero attached hydrogens (tertiary/aromatic N) is 3. The molecule has 0 fully saturated rings. The van der Waals surface area contributed by atoms with Gasteiger partial charge in [-0.25, -0.2) is 4.99 Å². The van der Waals surface area contributed by atoms with Crippen molar-refractivity contribution in [1.29, 1.82) is 0 Å². The molecule has 0 aliphatic carbocycles. The molecular weight excluding hydrogens is 394 g/mol. The highest BCUT2D eigenvalue weighted by atomic mass is 32.1. The number of aromatic nitrogens is 1. The van der Waals surface area contributed by atoms with Crippen LogP contribution in [0.25, 0.3) is 5.57 Å². The number of methoxy groups -OCH3 is 1. The molecule has 11 heteroatoms. The Morgan fingerprint density at radius 3 is 2.89 bits per heavy atom. The van der Waals surface area contributed by atoms with Gasteiger partial charge in [-0.1, -0.05) is 0 Å². The third-order valence-corrected chi connectivity index (χ3v) is 5.44. The molecule has 0 radical (unpaired) electrons. The lowest BCUT2D eigenvalue weighted by atomic mass is 10.1. The fourth-order valence-corrected chi connectivity index (χ4v) is 4.07. The summed E-state index contributed by atoms with van der Waals surface area (Å²) in [6.07, 6.45) is 0.545. The maximum Gasteiger partial charge on any atom is 0.305 e. The highest BCUT2D eigenvalue weighted by molar-refractivity contribution is 7.73. The molecule has 0 saturated carbocycles. The number of esters is 1. The van der Waals surface area contributed by atoms with Crippen LogP contribution < -0.4 is 10.6 Å². The molecule has 2 aromatic rings. The van der Waals surface area contributed by atoms with Gasteiger partial charge in [-0.2, -0.15) is 0 Å². The summed E-state index contributed by atoms with van der Waals surface area (Å²) in [7, 11) is 1.29. The Hall–Kier alpha value is -2.92. The second-order valence-corrected chi connectivity index (χ2v) is 7.25. The fraction of sp³-hybridized carbons (Fsp3) is 0.250. The molecule has 3 rings (SSSR count). The van der Waals surface area contributed by atoms with E-state index in [1.807, 2.05) is 0 Å². The van der Waals surface area contributed by atoms with Gasteiger partial charge in [0.2, 0.25) is 5.88 Å². The van der Waals surface area contributed by atoms with Crippen LogP contribution in [0.1, 0.15) is 17.7 Å². The number of thiazole rings is 1. The van der Waals surface area contributed by atoms with Gasteiger partial charge in [-0.3, -0.25) is 24.3 Å². The first-order valence-corrected chi connectivity index (χ1v) is 8.97. The Morgan fingerprint density at radius 1 is 1.48 bits per heavy atom. The van der Waals surface area contributed by atoms with E-state index in [0.717, 1.165) is 11.3 Å². The Morgan fingerprint density at radius 2 is 2.22 bits per heavy atom. The minimum absolute atomic E-state index is 0.0778. The van der Waals surface area contributed by atoms with Gasteiger partial charge in [0, 0.05) is 30.3 Å². The van der Waals surface area contributed by atoms with Crippen molar-refractivity contribution in [2.45, 2.75) is 19.4 Å². The van der Waals surface area contributed by atoms with Gasteiger partial charge < -0.3 is 9.84 Å². The summed E-state index contributed by atoms with van der Waals surface area (Å²) in [5.74, 6) is -1.21. The van der Waals surface area contributed by atoms with E-state index in [0.29, 0.717) is 15.7 Å². The van der Waals surface area contributed by atoms with E-state index in [1.165, 1.54) is 29.9 Å². The summed E-state index contributed by atoms with van der Waals surface area (Å²) in [5.41, 5.74) is -0.106. The van der Waals surface area contributed by atoms with Crippen molar-refractivity contribution in [2.24, 2.45) is 4.99 Å². The minimum Gasteiger partial charge on any atom is -0.493 e. The normalized spacial score (nSPS) is 12.6. The Bertz CT molecular complexity index is 1150. The zero-order valence-corrected chi connectivity index (χ0v) is 15.6. The summed E-state index contributed by atoms with van der Waals surface area (Å²) in [6.45, 7) is 0.261. The van der Waals surface area contributed by atoms with Crippen LogP contribution in [-0.2, 0) is 20.9 Å². The molecule has 140 valence electrons. The fourth-order valence-electron chi connectivity index (χ4n) is 2.68. The quantitative estimate of drug-likeness (QED) is 0.330. The summed E-state index contributed by atoms with van der Waals surface area (Å²) < 4.78 is 6.29. The number of benzene rings is 1. The van der Waals surface area contributed by atoms with Gasteiger partial charge in [0.1, 0.15) is 4.88 Å². The predicted molar refractivity (Wildman–Crippen MR) is 97.5 cm³/mol. The summed E-state index contributed by atoms with van der Waals surface area (Å²) in [6, 6.07) is 3.91. The number of carbonyl (C=O) groups is 2. The molecule has 1 amide bonds. The average molecular weight is 407 g/mol. The van der Waals surface area contributed by atoms with E-state index in [4.69, 9.17) is 12.2 Å². The number of rotatable bonds is 6. The Labute approximate surface area is 161 Å². The van der Waals surface area contributed by atoms with E-state index in [1.54, 1.807) is 0 Å². The van der Waals surface area contributed by atoms with Crippen LogP contribution in [0, 0.1) is 14.1 Å². The van der Waals surface area contributed by atoms with Crippen LogP contribution >= 0.6 is 23.6 Å². The highest BCUT2D eigenvalue weighted by Gasteiger charge is 2.26. The zero-order valence-electron chi connectivity index (χ0n) is 14.0. The van der Waals surface area contributed by atoms with E-state index in [2.05, 4.69) is 9.73 Å². The Balaban J connectivity index is 2.06. The maximum absolute atomic E-state index is 12.3. The molecule has 1 aliphatic rings. The summed E-state index contributed by atoms with van der Waals surface area (Å²) in [4.78, 5) is 38.1. The number of ether oxygens (including phenoxy) is 1. The number of aromatic hydroxyl groups is 1. The zero-order chi connectivity index (χ0) is 19.7. The van der Waals surface area contributed by atoms with Crippen LogP contribution in [0.2, 0.25) is 0 Å². The number of hydrogen-bond acceptors (Lipinski definition) is 8. The van der Waals surface area contributed by atoms with Crippen molar-refractivity contribution in [2.75, 3.05) is 7.11 Å². The van der Waals surface area contributed by atoms with Gasteiger partial charge in [0.15, 0.2) is 3.95 Å². The molecule has 1 N–H and O–H groups in total. The van der Waals surface area contributed by atoms with Crippen LogP contribution in [0.5, 0.6) is 5.88 Å². The van der Waals surface area contributed by atoms with Crippen LogP contribution in [-0.4, -0.2) is 33.6 Å². The summed E-state index contributed by atoms with van der Waals surface area (Å²) in [5, 5.41) is 22.2. The molecule has 0 atom stereocenters. The topological polar surface area (TPSA) is 124 Å².